The molecule has 0 radical (unpaired) electrons. The Kier molecular flexibility index (Phi) is 3.02. The second-order valence-corrected chi connectivity index (χ2v) is 5.16. The monoisotopic (exact) mass is 233 g/mol. The number of nitrogens with one attached hydrogen (secondary N) is 1. The number of hydrogen-bond donors (Lipinski definition) is 2. The maximum absolute atomic E-state index is 5.76. The normalized spacial score (nSPS) is 12.0. The molecule has 2 rings (SSSR count). The predicted molar refractivity (Wildman–Crippen MR) is 70.0 cm³/mol. The number of rotatable bonds is 4. The van der Waals surface area contributed by atoms with E-state index in [2.05, 4.69) is 33.7 Å². The summed E-state index contributed by atoms with van der Waals surface area (Å²) in [6.07, 6.45) is 3.46. The highest BCUT2D eigenvalue weighted by Gasteiger charge is 2.20. The zero-order valence-electron chi connectivity index (χ0n) is 10.6. The van der Waals surface area contributed by atoms with E-state index in [1.54, 1.807) is 6.33 Å². The van der Waals surface area contributed by atoms with Crippen LogP contribution in [-0.4, -0.2) is 35.1 Å². The highest BCUT2D eigenvalue weighted by Crippen LogP contribution is 2.24. The van der Waals surface area contributed by atoms with Gasteiger partial charge in [0.1, 0.15) is 17.8 Å². The lowest BCUT2D eigenvalue weighted by molar-refractivity contribution is 0.384. The van der Waals surface area contributed by atoms with E-state index in [-0.39, 0.29) is 5.41 Å². The summed E-state index contributed by atoms with van der Waals surface area (Å²) in [7, 11) is 2.03. The molecule has 5 nitrogen and oxygen atoms in total. The van der Waals surface area contributed by atoms with Gasteiger partial charge in [0.05, 0.1) is 5.39 Å². The molecule has 0 saturated carbocycles. The smallest absolute Gasteiger partial charge is 0.142 e. The molecule has 5 heteroatoms. The van der Waals surface area contributed by atoms with Gasteiger partial charge in [0, 0.05) is 19.8 Å². The third-order valence-electron chi connectivity index (χ3n) is 2.91. The molecule has 0 aromatic carbocycles. The minimum atomic E-state index is 0.0718. The van der Waals surface area contributed by atoms with Crippen molar-refractivity contribution in [2.45, 2.75) is 13.8 Å². The summed E-state index contributed by atoms with van der Waals surface area (Å²) >= 11 is 0. The maximum atomic E-state index is 5.76. The minimum absolute atomic E-state index is 0.0718. The van der Waals surface area contributed by atoms with Gasteiger partial charge < -0.3 is 15.6 Å². The van der Waals surface area contributed by atoms with Gasteiger partial charge in [-0.1, -0.05) is 13.8 Å². The molecule has 0 amide bonds. The highest BCUT2D eigenvalue weighted by molar-refractivity contribution is 5.87. The third-order valence-corrected chi connectivity index (χ3v) is 2.91. The SMILES string of the molecule is CN(CC(C)(C)CN)c1ncnc2[nH]ccc12. The van der Waals surface area contributed by atoms with E-state index >= 15 is 0 Å². The predicted octanol–water partition coefficient (Wildman–Crippen LogP) is 1.38. The topological polar surface area (TPSA) is 70.8 Å². The van der Waals surface area contributed by atoms with Crippen molar-refractivity contribution in [3.05, 3.63) is 18.6 Å². The Bertz CT molecular complexity index is 502. The maximum Gasteiger partial charge on any atom is 0.142 e. The van der Waals surface area contributed by atoms with Gasteiger partial charge in [-0.05, 0) is 18.0 Å². The van der Waals surface area contributed by atoms with E-state index in [0.717, 1.165) is 23.4 Å². The fourth-order valence-electron chi connectivity index (χ4n) is 1.94. The molecular formula is C12H19N5. The van der Waals surface area contributed by atoms with Gasteiger partial charge >= 0.3 is 0 Å². The number of anilines is 1. The highest BCUT2D eigenvalue weighted by atomic mass is 15.2. The summed E-state index contributed by atoms with van der Waals surface area (Å²) in [6, 6.07) is 2.00. The van der Waals surface area contributed by atoms with Crippen LogP contribution in [-0.2, 0) is 0 Å². The van der Waals surface area contributed by atoms with Crippen LogP contribution in [0, 0.1) is 5.41 Å². The first-order valence-corrected chi connectivity index (χ1v) is 5.73. The number of H-pyrrole nitrogens is 1. The minimum Gasteiger partial charge on any atom is -0.358 e. The number of aromatic amines is 1. The van der Waals surface area contributed by atoms with E-state index in [1.807, 2.05) is 19.3 Å². The number of fused-ring (bicyclic) bond motifs is 1. The van der Waals surface area contributed by atoms with E-state index in [0.29, 0.717) is 6.54 Å². The lowest BCUT2D eigenvalue weighted by atomic mass is 9.93. The standard InChI is InChI=1S/C12H19N5/c1-12(2,6-13)7-17(3)11-9-4-5-14-10(9)15-8-16-11/h4-5,8H,6-7,13H2,1-3H3,(H,14,15,16). The van der Waals surface area contributed by atoms with Crippen LogP contribution in [0.5, 0.6) is 0 Å². The van der Waals surface area contributed by atoms with E-state index in [9.17, 15) is 0 Å². The van der Waals surface area contributed by atoms with Crippen molar-refractivity contribution in [3.63, 3.8) is 0 Å². The lowest BCUT2D eigenvalue weighted by Gasteiger charge is -2.29. The molecular weight excluding hydrogens is 214 g/mol. The zero-order chi connectivity index (χ0) is 12.5. The van der Waals surface area contributed by atoms with Gasteiger partial charge in [0.2, 0.25) is 0 Å². The van der Waals surface area contributed by atoms with Crippen LogP contribution in [0.4, 0.5) is 5.82 Å². The van der Waals surface area contributed by atoms with Crippen molar-refractivity contribution in [3.8, 4) is 0 Å². The summed E-state index contributed by atoms with van der Waals surface area (Å²) in [5.41, 5.74) is 6.70. The summed E-state index contributed by atoms with van der Waals surface area (Å²) < 4.78 is 0. The van der Waals surface area contributed by atoms with Gasteiger partial charge in [0.15, 0.2) is 0 Å². The first kappa shape index (κ1) is 11.9. The largest absolute Gasteiger partial charge is 0.358 e. The van der Waals surface area contributed by atoms with Crippen molar-refractivity contribution in [2.75, 3.05) is 25.0 Å². The molecule has 0 aliphatic carbocycles. The Morgan fingerprint density at radius 1 is 1.41 bits per heavy atom. The van der Waals surface area contributed by atoms with Crippen molar-refractivity contribution >= 4 is 16.9 Å². The molecule has 2 heterocycles. The summed E-state index contributed by atoms with van der Waals surface area (Å²) in [6.45, 7) is 5.82. The molecule has 0 aliphatic heterocycles. The molecule has 17 heavy (non-hydrogen) atoms. The number of aromatic nitrogens is 3. The summed E-state index contributed by atoms with van der Waals surface area (Å²) in [4.78, 5) is 13.8. The zero-order valence-corrected chi connectivity index (χ0v) is 10.6. The molecule has 0 spiro atoms. The lowest BCUT2D eigenvalue weighted by Crippen LogP contribution is -2.37. The average molecular weight is 233 g/mol. The fourth-order valence-corrected chi connectivity index (χ4v) is 1.94. The molecule has 2 aromatic heterocycles. The van der Waals surface area contributed by atoms with Gasteiger partial charge in [-0.2, -0.15) is 0 Å². The molecule has 0 unspecified atom stereocenters. The average Bonchev–Trinajstić information content (AvgIpc) is 2.76. The van der Waals surface area contributed by atoms with Crippen LogP contribution >= 0.6 is 0 Å². The van der Waals surface area contributed by atoms with Crippen LogP contribution in [0.3, 0.4) is 0 Å². The molecule has 0 fully saturated rings. The molecule has 0 atom stereocenters. The van der Waals surface area contributed by atoms with Crippen LogP contribution in [0.2, 0.25) is 0 Å². The van der Waals surface area contributed by atoms with Crippen molar-refractivity contribution in [1.29, 1.82) is 0 Å². The van der Waals surface area contributed by atoms with Crippen LogP contribution in [0.1, 0.15) is 13.8 Å². The fraction of sp³-hybridized carbons (Fsp3) is 0.500. The van der Waals surface area contributed by atoms with Crippen molar-refractivity contribution < 1.29 is 0 Å². The van der Waals surface area contributed by atoms with Crippen LogP contribution < -0.4 is 10.6 Å². The second kappa shape index (κ2) is 4.33. The first-order valence-electron chi connectivity index (χ1n) is 5.73. The third kappa shape index (κ3) is 2.39. The van der Waals surface area contributed by atoms with Gasteiger partial charge in [-0.25, -0.2) is 9.97 Å². The summed E-state index contributed by atoms with van der Waals surface area (Å²) in [5, 5.41) is 1.04. The molecule has 92 valence electrons. The van der Waals surface area contributed by atoms with Gasteiger partial charge in [-0.15, -0.1) is 0 Å². The van der Waals surface area contributed by atoms with E-state index < -0.39 is 0 Å². The Hall–Kier alpha value is -1.62. The quantitative estimate of drug-likeness (QED) is 0.837. The van der Waals surface area contributed by atoms with Crippen LogP contribution in [0.25, 0.3) is 11.0 Å². The van der Waals surface area contributed by atoms with Crippen molar-refractivity contribution in [1.82, 2.24) is 15.0 Å². The summed E-state index contributed by atoms with van der Waals surface area (Å²) in [5.74, 6) is 0.942. The molecule has 0 saturated heterocycles. The Balaban J connectivity index is 2.30. The second-order valence-electron chi connectivity index (χ2n) is 5.16. The Morgan fingerprint density at radius 2 is 2.18 bits per heavy atom. The van der Waals surface area contributed by atoms with E-state index in [1.165, 1.54) is 0 Å². The first-order chi connectivity index (χ1) is 8.03. The molecule has 3 N–H and O–H groups in total. The molecule has 0 aliphatic rings. The van der Waals surface area contributed by atoms with Gasteiger partial charge in [-0.3, -0.25) is 0 Å². The van der Waals surface area contributed by atoms with Crippen LogP contribution in [0.15, 0.2) is 18.6 Å². The molecule has 2 aromatic rings. The Morgan fingerprint density at radius 3 is 2.88 bits per heavy atom. The molecule has 0 bridgehead atoms. The van der Waals surface area contributed by atoms with E-state index in [4.69, 9.17) is 5.73 Å². The number of nitrogens with zero attached hydrogens (tertiary/aromatic N) is 3. The van der Waals surface area contributed by atoms with Gasteiger partial charge in [0.25, 0.3) is 0 Å². The number of nitrogens with two attached hydrogens (primary N) is 1. The number of hydrogen-bond acceptors (Lipinski definition) is 4. The Labute approximate surface area is 101 Å². The van der Waals surface area contributed by atoms with Crippen molar-refractivity contribution in [2.24, 2.45) is 11.1 Å².